The van der Waals surface area contributed by atoms with Crippen molar-refractivity contribution in [1.29, 1.82) is 0 Å². The third-order valence-corrected chi connectivity index (χ3v) is 6.00. The van der Waals surface area contributed by atoms with Crippen LogP contribution in [0.3, 0.4) is 0 Å². The smallest absolute Gasteiger partial charge is 0.264 e. The Morgan fingerprint density at radius 2 is 1.72 bits per heavy atom. The van der Waals surface area contributed by atoms with Crippen molar-refractivity contribution in [3.05, 3.63) is 54.1 Å². The Kier molecular flexibility index (Phi) is 8.50. The van der Waals surface area contributed by atoms with Crippen LogP contribution in [-0.4, -0.2) is 48.8 Å². The van der Waals surface area contributed by atoms with Gasteiger partial charge in [-0.1, -0.05) is 49.4 Å². The van der Waals surface area contributed by atoms with Crippen molar-refractivity contribution in [2.45, 2.75) is 44.2 Å². The maximum absolute atomic E-state index is 12.7. The van der Waals surface area contributed by atoms with Gasteiger partial charge in [0, 0.05) is 18.5 Å². The first-order chi connectivity index (χ1) is 15.0. The number of sulfonamides is 1. The molecular formula is C22H27N3O6S. The number of nitrogens with zero attached hydrogens (tertiary/aromatic N) is 1. The van der Waals surface area contributed by atoms with Gasteiger partial charge in [-0.2, -0.15) is 0 Å². The summed E-state index contributed by atoms with van der Waals surface area (Å²) in [5.41, 5.74) is 6.93. The van der Waals surface area contributed by atoms with E-state index in [9.17, 15) is 27.9 Å². The number of aliphatic hydroxyl groups excluding tert-OH is 1. The molecule has 4 N–H and O–H groups in total. The van der Waals surface area contributed by atoms with Gasteiger partial charge in [-0.3, -0.25) is 14.4 Å². The summed E-state index contributed by atoms with van der Waals surface area (Å²) < 4.78 is 27.2. The van der Waals surface area contributed by atoms with Gasteiger partial charge in [-0.15, -0.1) is 0 Å². The SMILES string of the molecule is CCCC(=O)N(CC(N)=O)Cc1ccc(-c2ccccc2S(=O)(=O)NC(=O)[C@H](C)O)cc1. The van der Waals surface area contributed by atoms with Crippen LogP contribution in [0.4, 0.5) is 0 Å². The highest BCUT2D eigenvalue weighted by Gasteiger charge is 2.23. The second-order valence-corrected chi connectivity index (χ2v) is 8.96. The highest BCUT2D eigenvalue weighted by molar-refractivity contribution is 7.90. The van der Waals surface area contributed by atoms with Crippen molar-refractivity contribution < 1.29 is 27.9 Å². The summed E-state index contributed by atoms with van der Waals surface area (Å²) in [6.07, 6.45) is -0.534. The number of aliphatic hydroxyl groups is 1. The van der Waals surface area contributed by atoms with Gasteiger partial charge in [0.15, 0.2) is 0 Å². The molecule has 0 bridgehead atoms. The molecule has 0 aliphatic heterocycles. The van der Waals surface area contributed by atoms with Gasteiger partial charge in [0.25, 0.3) is 15.9 Å². The summed E-state index contributed by atoms with van der Waals surface area (Å²) in [4.78, 5) is 36.5. The molecule has 10 heteroatoms. The van der Waals surface area contributed by atoms with E-state index in [-0.39, 0.29) is 23.9 Å². The van der Waals surface area contributed by atoms with E-state index >= 15 is 0 Å². The standard InChI is InChI=1S/C22H27N3O6S/c1-3-6-21(28)25(14-20(23)27)13-16-9-11-17(12-10-16)18-7-4-5-8-19(18)32(30,31)24-22(29)15(2)26/h4-5,7-12,15,26H,3,6,13-14H2,1-2H3,(H2,23,27)(H,24,29)/t15-/m0/s1. The van der Waals surface area contributed by atoms with Crippen LogP contribution >= 0.6 is 0 Å². The zero-order valence-electron chi connectivity index (χ0n) is 17.9. The zero-order chi connectivity index (χ0) is 23.9. The van der Waals surface area contributed by atoms with Crippen molar-refractivity contribution in [1.82, 2.24) is 9.62 Å². The number of carbonyl (C=O) groups is 3. The molecule has 2 aromatic carbocycles. The monoisotopic (exact) mass is 461 g/mol. The largest absolute Gasteiger partial charge is 0.384 e. The minimum Gasteiger partial charge on any atom is -0.384 e. The lowest BCUT2D eigenvalue weighted by molar-refractivity contribution is -0.135. The molecule has 3 amide bonds. The minimum atomic E-state index is -4.21. The summed E-state index contributed by atoms with van der Waals surface area (Å²) in [6.45, 7) is 3.03. The lowest BCUT2D eigenvalue weighted by atomic mass is 10.0. The molecule has 0 fully saturated rings. The molecule has 2 aromatic rings. The van der Waals surface area contributed by atoms with Crippen molar-refractivity contribution >= 4 is 27.7 Å². The first-order valence-corrected chi connectivity index (χ1v) is 11.5. The maximum atomic E-state index is 12.7. The number of carbonyl (C=O) groups excluding carboxylic acids is 3. The number of hydrogen-bond acceptors (Lipinski definition) is 6. The number of amides is 3. The van der Waals surface area contributed by atoms with Crippen LogP contribution in [0.15, 0.2) is 53.4 Å². The Labute approximate surface area is 187 Å². The van der Waals surface area contributed by atoms with Gasteiger partial charge >= 0.3 is 0 Å². The van der Waals surface area contributed by atoms with Gasteiger partial charge in [0.05, 0.1) is 11.4 Å². The molecule has 0 aromatic heterocycles. The van der Waals surface area contributed by atoms with Gasteiger partial charge in [0.1, 0.15) is 6.10 Å². The van der Waals surface area contributed by atoms with Crippen LogP contribution in [0.1, 0.15) is 32.3 Å². The van der Waals surface area contributed by atoms with Crippen molar-refractivity contribution in [3.8, 4) is 11.1 Å². The van der Waals surface area contributed by atoms with Gasteiger partial charge in [0.2, 0.25) is 11.8 Å². The molecule has 0 heterocycles. The molecule has 0 aliphatic carbocycles. The van der Waals surface area contributed by atoms with Crippen LogP contribution in [0.25, 0.3) is 11.1 Å². The van der Waals surface area contributed by atoms with Gasteiger partial charge < -0.3 is 15.7 Å². The molecule has 0 unspecified atom stereocenters. The van der Waals surface area contributed by atoms with E-state index in [0.717, 1.165) is 5.56 Å². The summed E-state index contributed by atoms with van der Waals surface area (Å²) in [5.74, 6) is -1.81. The highest BCUT2D eigenvalue weighted by atomic mass is 32.2. The number of rotatable bonds is 10. The number of benzene rings is 2. The Bertz CT molecular complexity index is 1080. The summed E-state index contributed by atoms with van der Waals surface area (Å²) in [7, 11) is -4.21. The number of primary amides is 1. The molecule has 0 aliphatic rings. The average molecular weight is 462 g/mol. The Morgan fingerprint density at radius 1 is 1.09 bits per heavy atom. The number of nitrogens with two attached hydrogens (primary N) is 1. The molecule has 2 rings (SSSR count). The van der Waals surface area contributed by atoms with E-state index in [1.165, 1.54) is 24.0 Å². The fourth-order valence-corrected chi connectivity index (χ4v) is 4.29. The van der Waals surface area contributed by atoms with E-state index in [4.69, 9.17) is 5.73 Å². The van der Waals surface area contributed by atoms with Crippen molar-refractivity contribution in [3.63, 3.8) is 0 Å². The molecule has 9 nitrogen and oxygen atoms in total. The predicted molar refractivity (Wildman–Crippen MR) is 118 cm³/mol. The maximum Gasteiger partial charge on any atom is 0.264 e. The third-order valence-electron chi connectivity index (χ3n) is 4.59. The summed E-state index contributed by atoms with van der Waals surface area (Å²) in [5, 5.41) is 9.31. The molecule has 172 valence electrons. The molecular weight excluding hydrogens is 434 g/mol. The normalized spacial score (nSPS) is 12.1. The molecule has 0 spiro atoms. The summed E-state index contributed by atoms with van der Waals surface area (Å²) in [6, 6.07) is 13.0. The Hall–Kier alpha value is -3.24. The zero-order valence-corrected chi connectivity index (χ0v) is 18.8. The van der Waals surface area contributed by atoms with Crippen LogP contribution in [0, 0.1) is 0 Å². The molecule has 32 heavy (non-hydrogen) atoms. The van der Waals surface area contributed by atoms with Gasteiger partial charge in [-0.05, 0) is 30.5 Å². The number of nitrogens with one attached hydrogen (secondary N) is 1. The van der Waals surface area contributed by atoms with Gasteiger partial charge in [-0.25, -0.2) is 13.1 Å². The Balaban J connectivity index is 2.31. The third kappa shape index (κ3) is 6.63. The first-order valence-electron chi connectivity index (χ1n) is 10.0. The average Bonchev–Trinajstić information content (AvgIpc) is 2.73. The fourth-order valence-electron chi connectivity index (χ4n) is 3.01. The topological polar surface area (TPSA) is 147 Å². The van der Waals surface area contributed by atoms with Crippen LogP contribution in [0.5, 0.6) is 0 Å². The second kappa shape index (κ2) is 10.9. The lowest BCUT2D eigenvalue weighted by Gasteiger charge is -2.21. The van der Waals surface area contributed by atoms with E-state index in [2.05, 4.69) is 0 Å². The van der Waals surface area contributed by atoms with Crippen molar-refractivity contribution in [2.75, 3.05) is 6.54 Å². The van der Waals surface area contributed by atoms with E-state index in [0.29, 0.717) is 24.0 Å². The predicted octanol–water partition coefficient (Wildman–Crippen LogP) is 1.15. The first kappa shape index (κ1) is 25.0. The molecule has 0 saturated heterocycles. The van der Waals surface area contributed by atoms with Crippen molar-refractivity contribution in [2.24, 2.45) is 5.73 Å². The molecule has 0 saturated carbocycles. The van der Waals surface area contributed by atoms with Crippen LogP contribution < -0.4 is 10.5 Å². The minimum absolute atomic E-state index is 0.116. The van der Waals surface area contributed by atoms with E-state index in [1.807, 2.05) is 11.6 Å². The molecule has 1 atom stereocenters. The lowest BCUT2D eigenvalue weighted by Crippen LogP contribution is -2.37. The highest BCUT2D eigenvalue weighted by Crippen LogP contribution is 2.27. The Morgan fingerprint density at radius 3 is 2.28 bits per heavy atom. The van der Waals surface area contributed by atoms with E-state index in [1.54, 1.807) is 36.4 Å². The fraction of sp³-hybridized carbons (Fsp3) is 0.318. The van der Waals surface area contributed by atoms with Crippen LogP contribution in [-0.2, 0) is 31.0 Å². The second-order valence-electron chi connectivity index (χ2n) is 7.30. The van der Waals surface area contributed by atoms with E-state index < -0.39 is 27.9 Å². The van der Waals surface area contributed by atoms with Crippen LogP contribution in [0.2, 0.25) is 0 Å². The summed E-state index contributed by atoms with van der Waals surface area (Å²) >= 11 is 0. The molecule has 0 radical (unpaired) electrons. The quantitative estimate of drug-likeness (QED) is 0.484. The number of hydrogen-bond donors (Lipinski definition) is 3.